The summed E-state index contributed by atoms with van der Waals surface area (Å²) < 4.78 is 5.55. The monoisotopic (exact) mass is 366 g/mol. The summed E-state index contributed by atoms with van der Waals surface area (Å²) in [5, 5.41) is 7.42. The zero-order valence-corrected chi connectivity index (χ0v) is 15.9. The Kier molecular flexibility index (Phi) is 6.10. The Balaban J connectivity index is 1.25. The molecule has 1 amide bonds. The molecule has 7 heteroatoms. The van der Waals surface area contributed by atoms with E-state index >= 15 is 0 Å². The Hall–Kier alpha value is -0.730. The molecule has 148 valence electrons. The van der Waals surface area contributed by atoms with Crippen molar-refractivity contribution in [1.29, 1.82) is 0 Å². The van der Waals surface area contributed by atoms with Crippen molar-refractivity contribution in [2.24, 2.45) is 11.8 Å². The minimum absolute atomic E-state index is 0.281. The van der Waals surface area contributed by atoms with Gasteiger partial charge in [-0.2, -0.15) is 5.48 Å². The van der Waals surface area contributed by atoms with Gasteiger partial charge >= 0.3 is 0 Å². The molecule has 26 heavy (non-hydrogen) atoms. The van der Waals surface area contributed by atoms with Crippen molar-refractivity contribution in [2.75, 3.05) is 32.8 Å². The van der Waals surface area contributed by atoms with Gasteiger partial charge in [0.15, 0.2) is 0 Å². The summed E-state index contributed by atoms with van der Waals surface area (Å²) in [4.78, 5) is 19.9. The second-order valence-corrected chi connectivity index (χ2v) is 8.31. The number of nitrogens with one attached hydrogen (secondary N) is 3. The quantitative estimate of drug-likeness (QED) is 0.677. The molecule has 0 saturated carbocycles. The summed E-state index contributed by atoms with van der Waals surface area (Å²) in [5.74, 6) is 1.43. The van der Waals surface area contributed by atoms with E-state index in [4.69, 9.17) is 9.57 Å². The van der Waals surface area contributed by atoms with Gasteiger partial charge in [0, 0.05) is 38.1 Å². The number of likely N-dealkylation sites (tertiary alicyclic amines) is 1. The third kappa shape index (κ3) is 4.07. The summed E-state index contributed by atoms with van der Waals surface area (Å²) in [5.41, 5.74) is 3.33. The maximum absolute atomic E-state index is 11.9. The molecule has 5 unspecified atom stereocenters. The highest BCUT2D eigenvalue weighted by Crippen LogP contribution is 2.30. The van der Waals surface area contributed by atoms with E-state index in [9.17, 15) is 4.79 Å². The summed E-state index contributed by atoms with van der Waals surface area (Å²) >= 11 is 0. The first-order valence-electron chi connectivity index (χ1n) is 10.5. The predicted octanol–water partition coefficient (Wildman–Crippen LogP) is 0.611. The minimum Gasteiger partial charge on any atom is -0.381 e. The topological polar surface area (TPSA) is 74.9 Å². The average molecular weight is 367 g/mol. The van der Waals surface area contributed by atoms with Crippen LogP contribution in [-0.2, 0) is 14.4 Å². The Morgan fingerprint density at radius 2 is 1.96 bits per heavy atom. The number of carbonyl (C=O) groups is 1. The maximum Gasteiger partial charge on any atom is 0.222 e. The standard InChI is InChI=1S/C19H34N4O3/c1-2-18(24)23-8-4-13(5-9-23)17-11-16(22-26-17)15-3-7-20-19(21-15)14-6-10-25-12-14/h13-17,19-22H,2-12H2,1H3. The van der Waals surface area contributed by atoms with E-state index in [0.29, 0.717) is 36.5 Å². The fourth-order valence-corrected chi connectivity index (χ4v) is 5.00. The van der Waals surface area contributed by atoms with Gasteiger partial charge in [-0.25, -0.2) is 0 Å². The summed E-state index contributed by atoms with van der Waals surface area (Å²) in [6.45, 7) is 6.53. The third-order valence-corrected chi connectivity index (χ3v) is 6.71. The molecule has 4 heterocycles. The molecule has 3 N–H and O–H groups in total. The van der Waals surface area contributed by atoms with Crippen molar-refractivity contribution in [3.63, 3.8) is 0 Å². The van der Waals surface area contributed by atoms with Crippen molar-refractivity contribution in [2.45, 2.75) is 69.8 Å². The molecule has 4 fully saturated rings. The van der Waals surface area contributed by atoms with Gasteiger partial charge in [-0.15, -0.1) is 0 Å². The van der Waals surface area contributed by atoms with Gasteiger partial charge in [-0.3, -0.25) is 14.9 Å². The lowest BCUT2D eigenvalue weighted by molar-refractivity contribution is -0.133. The normalized spacial score (nSPS) is 39.4. The molecular weight excluding hydrogens is 332 g/mol. The zero-order valence-electron chi connectivity index (χ0n) is 15.9. The van der Waals surface area contributed by atoms with E-state index in [1.165, 1.54) is 0 Å². The first kappa shape index (κ1) is 18.6. The van der Waals surface area contributed by atoms with E-state index in [1.807, 2.05) is 11.8 Å². The SMILES string of the molecule is CCC(=O)N1CCC(C2CC(C3CCNC(C4CCOC4)N3)NO2)CC1. The lowest BCUT2D eigenvalue weighted by atomic mass is 9.86. The van der Waals surface area contributed by atoms with Crippen LogP contribution in [0.3, 0.4) is 0 Å². The van der Waals surface area contributed by atoms with Gasteiger partial charge in [0.1, 0.15) is 0 Å². The number of rotatable bonds is 4. The van der Waals surface area contributed by atoms with E-state index in [-0.39, 0.29) is 12.0 Å². The molecule has 0 aromatic heterocycles. The van der Waals surface area contributed by atoms with Gasteiger partial charge < -0.3 is 15.0 Å². The zero-order chi connectivity index (χ0) is 17.9. The number of amides is 1. The van der Waals surface area contributed by atoms with Crippen molar-refractivity contribution < 1.29 is 14.4 Å². The van der Waals surface area contributed by atoms with Gasteiger partial charge in [0.05, 0.1) is 24.9 Å². The number of hydroxylamine groups is 1. The summed E-state index contributed by atoms with van der Waals surface area (Å²) in [7, 11) is 0. The largest absolute Gasteiger partial charge is 0.381 e. The second-order valence-electron chi connectivity index (χ2n) is 8.31. The van der Waals surface area contributed by atoms with Crippen LogP contribution in [0.1, 0.15) is 45.4 Å². The Labute approximate surface area is 156 Å². The molecule has 4 saturated heterocycles. The third-order valence-electron chi connectivity index (χ3n) is 6.71. The molecule has 0 aromatic carbocycles. The first-order chi connectivity index (χ1) is 12.7. The number of hydrogen-bond donors (Lipinski definition) is 3. The smallest absolute Gasteiger partial charge is 0.222 e. The number of piperidine rings is 1. The molecule has 4 rings (SSSR count). The van der Waals surface area contributed by atoms with Crippen molar-refractivity contribution in [3.8, 4) is 0 Å². The van der Waals surface area contributed by atoms with Crippen molar-refractivity contribution >= 4 is 5.91 Å². The van der Waals surface area contributed by atoms with Crippen LogP contribution < -0.4 is 16.1 Å². The van der Waals surface area contributed by atoms with Gasteiger partial charge in [-0.05, 0) is 44.6 Å². The van der Waals surface area contributed by atoms with E-state index in [1.54, 1.807) is 0 Å². The Bertz CT molecular complexity index is 477. The molecule has 0 radical (unpaired) electrons. The van der Waals surface area contributed by atoms with E-state index in [2.05, 4.69) is 16.1 Å². The highest BCUT2D eigenvalue weighted by molar-refractivity contribution is 5.75. The van der Waals surface area contributed by atoms with Crippen LogP contribution in [0.5, 0.6) is 0 Å². The van der Waals surface area contributed by atoms with Gasteiger partial charge in [0.25, 0.3) is 0 Å². The molecule has 5 atom stereocenters. The van der Waals surface area contributed by atoms with Crippen LogP contribution >= 0.6 is 0 Å². The lowest BCUT2D eigenvalue weighted by Crippen LogP contribution is -2.61. The summed E-state index contributed by atoms with van der Waals surface area (Å²) in [6, 6.07) is 0.829. The molecule has 0 aromatic rings. The van der Waals surface area contributed by atoms with Crippen LogP contribution in [0, 0.1) is 11.8 Å². The number of carbonyl (C=O) groups excluding carboxylic acids is 1. The molecule has 0 bridgehead atoms. The number of ether oxygens (including phenoxy) is 1. The average Bonchev–Trinajstić information content (AvgIpc) is 3.40. The fraction of sp³-hybridized carbons (Fsp3) is 0.947. The molecule has 4 aliphatic heterocycles. The van der Waals surface area contributed by atoms with Gasteiger partial charge in [0.2, 0.25) is 5.91 Å². The number of nitrogens with zero attached hydrogens (tertiary/aromatic N) is 1. The van der Waals surface area contributed by atoms with E-state index < -0.39 is 0 Å². The summed E-state index contributed by atoms with van der Waals surface area (Å²) in [6.07, 6.45) is 6.72. The van der Waals surface area contributed by atoms with Crippen molar-refractivity contribution in [1.82, 2.24) is 21.0 Å². The van der Waals surface area contributed by atoms with Crippen LogP contribution in [-0.4, -0.2) is 68.0 Å². The predicted molar refractivity (Wildman–Crippen MR) is 98.3 cm³/mol. The molecular formula is C19H34N4O3. The highest BCUT2D eigenvalue weighted by atomic mass is 16.7. The Morgan fingerprint density at radius 1 is 1.12 bits per heavy atom. The van der Waals surface area contributed by atoms with Crippen molar-refractivity contribution in [3.05, 3.63) is 0 Å². The van der Waals surface area contributed by atoms with Crippen LogP contribution in [0.2, 0.25) is 0 Å². The van der Waals surface area contributed by atoms with Gasteiger partial charge in [-0.1, -0.05) is 6.92 Å². The fourth-order valence-electron chi connectivity index (χ4n) is 5.00. The van der Waals surface area contributed by atoms with Crippen LogP contribution in [0.15, 0.2) is 0 Å². The molecule has 7 nitrogen and oxygen atoms in total. The van der Waals surface area contributed by atoms with E-state index in [0.717, 1.165) is 65.0 Å². The molecule has 0 spiro atoms. The molecule has 0 aliphatic carbocycles. The number of hydrogen-bond acceptors (Lipinski definition) is 6. The van der Waals surface area contributed by atoms with Crippen LogP contribution in [0.4, 0.5) is 0 Å². The second kappa shape index (κ2) is 8.52. The van der Waals surface area contributed by atoms with Crippen LogP contribution in [0.25, 0.3) is 0 Å². The lowest BCUT2D eigenvalue weighted by Gasteiger charge is -2.37. The first-order valence-corrected chi connectivity index (χ1v) is 10.5. The molecule has 4 aliphatic rings. The Morgan fingerprint density at radius 3 is 2.69 bits per heavy atom. The maximum atomic E-state index is 11.9. The highest BCUT2D eigenvalue weighted by Gasteiger charge is 2.40. The minimum atomic E-state index is 0.281.